The molecule has 1 heterocycles. The van der Waals surface area contributed by atoms with E-state index in [-0.39, 0.29) is 23.5 Å². The molecule has 1 aliphatic rings. The van der Waals surface area contributed by atoms with Gasteiger partial charge < -0.3 is 10.0 Å². The van der Waals surface area contributed by atoms with Gasteiger partial charge in [0.25, 0.3) is 5.91 Å². The average molecular weight is 269 g/mol. The molecule has 0 radical (unpaired) electrons. The quantitative estimate of drug-likeness (QED) is 0.825. The molecule has 1 N–H and O–H groups in total. The number of hydrogen-bond donors (Lipinski definition) is 2. The maximum absolute atomic E-state index is 13.1. The van der Waals surface area contributed by atoms with Crippen LogP contribution >= 0.6 is 12.6 Å². The van der Waals surface area contributed by atoms with Crippen LogP contribution in [0.4, 0.5) is 4.39 Å². The van der Waals surface area contributed by atoms with Gasteiger partial charge in [-0.05, 0) is 37.5 Å². The van der Waals surface area contributed by atoms with Crippen LogP contribution in [-0.2, 0) is 0 Å². The topological polar surface area (TPSA) is 40.5 Å². The Hall–Kier alpha value is -1.07. The number of aliphatic hydroxyl groups is 1. The first kappa shape index (κ1) is 13.4. The highest BCUT2D eigenvalue weighted by Crippen LogP contribution is 2.23. The summed E-state index contributed by atoms with van der Waals surface area (Å²) >= 11 is 3.98. The smallest absolute Gasteiger partial charge is 0.254 e. The summed E-state index contributed by atoms with van der Waals surface area (Å²) in [4.78, 5) is 14.2. The summed E-state index contributed by atoms with van der Waals surface area (Å²) in [7, 11) is 0. The minimum absolute atomic E-state index is 0.0790. The van der Waals surface area contributed by atoms with Crippen molar-refractivity contribution in [1.29, 1.82) is 0 Å². The van der Waals surface area contributed by atoms with E-state index in [9.17, 15) is 9.18 Å². The number of carbonyl (C=O) groups excluding carboxylic acids is 1. The maximum atomic E-state index is 13.1. The molecule has 3 nitrogen and oxygen atoms in total. The highest BCUT2D eigenvalue weighted by molar-refractivity contribution is 7.80. The van der Waals surface area contributed by atoms with Gasteiger partial charge in [-0.25, -0.2) is 4.39 Å². The molecule has 1 aromatic carbocycles. The van der Waals surface area contributed by atoms with Crippen molar-refractivity contribution < 1.29 is 14.3 Å². The van der Waals surface area contributed by atoms with Crippen molar-refractivity contribution in [2.45, 2.75) is 30.2 Å². The number of amides is 1. The number of halogens is 1. The Morgan fingerprint density at radius 1 is 1.56 bits per heavy atom. The molecule has 18 heavy (non-hydrogen) atoms. The molecule has 1 aliphatic heterocycles. The summed E-state index contributed by atoms with van der Waals surface area (Å²) in [6, 6.07) is 4.28. The zero-order valence-corrected chi connectivity index (χ0v) is 10.9. The molecule has 1 saturated heterocycles. The average Bonchev–Trinajstić information content (AvgIpc) is 2.80. The first-order valence-corrected chi connectivity index (χ1v) is 6.48. The molecule has 0 saturated carbocycles. The van der Waals surface area contributed by atoms with Crippen molar-refractivity contribution >= 4 is 18.5 Å². The first-order valence-electron chi connectivity index (χ1n) is 6.04. The predicted octanol–water partition coefficient (Wildman–Crippen LogP) is 2.10. The standard InChI is InChI=1S/C13H16FNO2S/c14-11-4-3-9(8-12(11)18)13(17)15-6-1-2-10(15)5-7-16/h3-4,8,10,16,18H,1-2,5-7H2. The van der Waals surface area contributed by atoms with Crippen molar-refractivity contribution in [3.05, 3.63) is 29.6 Å². The number of likely N-dealkylation sites (tertiary alicyclic amines) is 1. The molecule has 0 spiro atoms. The summed E-state index contributed by atoms with van der Waals surface area (Å²) < 4.78 is 13.1. The molecule has 98 valence electrons. The lowest BCUT2D eigenvalue weighted by Gasteiger charge is -2.24. The molecule has 1 atom stereocenters. The van der Waals surface area contributed by atoms with Crippen LogP contribution in [0.25, 0.3) is 0 Å². The lowest BCUT2D eigenvalue weighted by Crippen LogP contribution is -2.36. The molecular weight excluding hydrogens is 253 g/mol. The van der Waals surface area contributed by atoms with Crippen LogP contribution in [-0.4, -0.2) is 35.1 Å². The first-order chi connectivity index (χ1) is 8.63. The summed E-state index contributed by atoms with van der Waals surface area (Å²) in [6.07, 6.45) is 2.47. The van der Waals surface area contributed by atoms with Gasteiger partial charge in [0.05, 0.1) is 0 Å². The summed E-state index contributed by atoms with van der Waals surface area (Å²) in [5.41, 5.74) is 0.450. The van der Waals surface area contributed by atoms with Crippen molar-refractivity contribution in [3.8, 4) is 0 Å². The monoisotopic (exact) mass is 269 g/mol. The molecule has 0 aliphatic carbocycles. The summed E-state index contributed by atoms with van der Waals surface area (Å²) in [6.45, 7) is 0.776. The maximum Gasteiger partial charge on any atom is 0.254 e. The third kappa shape index (κ3) is 2.67. The Labute approximate surface area is 111 Å². The Morgan fingerprint density at radius 2 is 2.33 bits per heavy atom. The SMILES string of the molecule is O=C(c1ccc(F)c(S)c1)N1CCCC1CCO. The van der Waals surface area contributed by atoms with Crippen molar-refractivity contribution in [1.82, 2.24) is 4.90 Å². The van der Waals surface area contributed by atoms with E-state index >= 15 is 0 Å². The third-order valence-corrected chi connectivity index (χ3v) is 3.64. The predicted molar refractivity (Wildman–Crippen MR) is 69.4 cm³/mol. The van der Waals surface area contributed by atoms with E-state index in [1.54, 1.807) is 4.90 Å². The molecule has 1 unspecified atom stereocenters. The van der Waals surface area contributed by atoms with Gasteiger partial charge >= 0.3 is 0 Å². The largest absolute Gasteiger partial charge is 0.396 e. The lowest BCUT2D eigenvalue weighted by molar-refractivity contribution is 0.0716. The number of rotatable bonds is 3. The van der Waals surface area contributed by atoms with E-state index < -0.39 is 5.82 Å². The van der Waals surface area contributed by atoms with E-state index in [1.165, 1.54) is 18.2 Å². The number of thiol groups is 1. The van der Waals surface area contributed by atoms with Crippen molar-refractivity contribution in [2.75, 3.05) is 13.2 Å². The Morgan fingerprint density at radius 3 is 3.00 bits per heavy atom. The van der Waals surface area contributed by atoms with Crippen molar-refractivity contribution in [2.24, 2.45) is 0 Å². The number of hydrogen-bond acceptors (Lipinski definition) is 3. The highest BCUT2D eigenvalue weighted by Gasteiger charge is 2.28. The van der Waals surface area contributed by atoms with Crippen LogP contribution in [0.15, 0.2) is 23.1 Å². The van der Waals surface area contributed by atoms with Gasteiger partial charge in [0, 0.05) is 29.7 Å². The van der Waals surface area contributed by atoms with Gasteiger partial charge in [-0.1, -0.05) is 0 Å². The number of carbonyl (C=O) groups is 1. The Bertz CT molecular complexity index is 453. The third-order valence-electron chi connectivity index (χ3n) is 3.29. The van der Waals surface area contributed by atoms with Crippen LogP contribution in [0.1, 0.15) is 29.6 Å². The van der Waals surface area contributed by atoms with E-state index in [0.717, 1.165) is 12.8 Å². The zero-order valence-electron chi connectivity index (χ0n) is 9.97. The van der Waals surface area contributed by atoms with Crippen LogP contribution < -0.4 is 0 Å². The van der Waals surface area contributed by atoms with Crippen molar-refractivity contribution in [3.63, 3.8) is 0 Å². The minimum Gasteiger partial charge on any atom is -0.396 e. The number of nitrogens with zero attached hydrogens (tertiary/aromatic N) is 1. The molecular formula is C13H16FNO2S. The van der Waals surface area contributed by atoms with Gasteiger partial charge in [-0.3, -0.25) is 4.79 Å². The van der Waals surface area contributed by atoms with Crippen LogP contribution in [0.5, 0.6) is 0 Å². The van der Waals surface area contributed by atoms with Crippen LogP contribution in [0, 0.1) is 5.82 Å². The Balaban J connectivity index is 2.17. The van der Waals surface area contributed by atoms with Gasteiger partial charge in [0.15, 0.2) is 0 Å². The van der Waals surface area contributed by atoms with E-state index in [0.29, 0.717) is 18.5 Å². The van der Waals surface area contributed by atoms with Crippen LogP contribution in [0.3, 0.4) is 0 Å². The number of benzene rings is 1. The second-order valence-corrected chi connectivity index (χ2v) is 4.95. The second kappa shape index (κ2) is 5.71. The second-order valence-electron chi connectivity index (χ2n) is 4.47. The Kier molecular flexibility index (Phi) is 4.24. The molecule has 1 aromatic rings. The normalized spacial score (nSPS) is 19.3. The van der Waals surface area contributed by atoms with Gasteiger partial charge in [0.2, 0.25) is 0 Å². The van der Waals surface area contributed by atoms with E-state index in [4.69, 9.17) is 5.11 Å². The molecule has 1 fully saturated rings. The molecule has 0 aromatic heterocycles. The fourth-order valence-corrected chi connectivity index (χ4v) is 2.58. The van der Waals surface area contributed by atoms with Gasteiger partial charge in [0.1, 0.15) is 5.82 Å². The zero-order chi connectivity index (χ0) is 13.1. The van der Waals surface area contributed by atoms with Gasteiger partial charge in [-0.2, -0.15) is 0 Å². The fourth-order valence-electron chi connectivity index (χ4n) is 2.36. The van der Waals surface area contributed by atoms with Gasteiger partial charge in [-0.15, -0.1) is 12.6 Å². The molecule has 1 amide bonds. The lowest BCUT2D eigenvalue weighted by atomic mass is 10.1. The molecule has 5 heteroatoms. The summed E-state index contributed by atoms with van der Waals surface area (Å²) in [5.74, 6) is -0.538. The van der Waals surface area contributed by atoms with E-state index in [2.05, 4.69) is 12.6 Å². The van der Waals surface area contributed by atoms with Crippen LogP contribution in [0.2, 0.25) is 0 Å². The number of aliphatic hydroxyl groups excluding tert-OH is 1. The van der Waals surface area contributed by atoms with E-state index in [1.807, 2.05) is 0 Å². The molecule has 2 rings (SSSR count). The minimum atomic E-state index is -0.428. The highest BCUT2D eigenvalue weighted by atomic mass is 32.1. The molecule has 0 bridgehead atoms. The fraction of sp³-hybridized carbons (Fsp3) is 0.462. The summed E-state index contributed by atoms with van der Waals surface area (Å²) in [5, 5.41) is 8.98.